The summed E-state index contributed by atoms with van der Waals surface area (Å²) in [6.45, 7) is 1.88. The smallest absolute Gasteiger partial charge is 0.238 e. The molecule has 6 heteroatoms. The van der Waals surface area contributed by atoms with Crippen LogP contribution < -0.4 is 15.5 Å². The van der Waals surface area contributed by atoms with E-state index in [-0.39, 0.29) is 18.2 Å². The Morgan fingerprint density at radius 3 is 2.76 bits per heavy atom. The van der Waals surface area contributed by atoms with Crippen LogP contribution in [0.15, 0.2) is 18.2 Å². The van der Waals surface area contributed by atoms with E-state index < -0.39 is 11.5 Å². The van der Waals surface area contributed by atoms with E-state index in [4.69, 9.17) is 0 Å². The molecule has 1 saturated heterocycles. The van der Waals surface area contributed by atoms with Crippen molar-refractivity contribution >= 4 is 23.8 Å². The zero-order valence-corrected chi connectivity index (χ0v) is 14.4. The average molecular weight is 341 g/mol. The van der Waals surface area contributed by atoms with Gasteiger partial charge in [-0.15, -0.1) is 0 Å². The molecule has 1 unspecified atom stereocenters. The Morgan fingerprint density at radius 1 is 1.44 bits per heavy atom. The van der Waals surface area contributed by atoms with Crippen molar-refractivity contribution in [2.75, 3.05) is 25.0 Å². The molecule has 1 aliphatic carbocycles. The number of amides is 2. The lowest BCUT2D eigenvalue weighted by atomic mass is 9.83. The molecule has 2 aliphatic heterocycles. The highest BCUT2D eigenvalue weighted by Crippen LogP contribution is 2.59. The first-order valence-electron chi connectivity index (χ1n) is 8.96. The zero-order valence-electron chi connectivity index (χ0n) is 14.4. The van der Waals surface area contributed by atoms with Crippen molar-refractivity contribution in [1.29, 1.82) is 0 Å². The van der Waals surface area contributed by atoms with Crippen LogP contribution in [0.4, 0.5) is 5.69 Å². The molecular formula is C19H23N3O3. The largest absolute Gasteiger partial charge is 0.359 e. The first-order valence-corrected chi connectivity index (χ1v) is 8.96. The molecule has 25 heavy (non-hydrogen) atoms. The molecule has 0 aromatic heterocycles. The number of nitrogens with one attached hydrogen (secondary N) is 2. The molecule has 1 saturated carbocycles. The molecule has 0 bridgehead atoms. The number of aldehydes is 1. The van der Waals surface area contributed by atoms with Gasteiger partial charge in [0, 0.05) is 38.2 Å². The lowest BCUT2D eigenvalue weighted by Crippen LogP contribution is -2.42. The summed E-state index contributed by atoms with van der Waals surface area (Å²) in [6.07, 6.45) is 3.10. The van der Waals surface area contributed by atoms with Gasteiger partial charge in [0.1, 0.15) is 6.29 Å². The fraction of sp³-hybridized carbons (Fsp3) is 0.526. The number of benzene rings is 1. The van der Waals surface area contributed by atoms with Crippen molar-refractivity contribution in [3.05, 3.63) is 29.3 Å². The van der Waals surface area contributed by atoms with Crippen LogP contribution in [0, 0.1) is 0 Å². The number of hydrogen-bond donors (Lipinski definition) is 2. The Balaban J connectivity index is 1.70. The second-order valence-corrected chi connectivity index (χ2v) is 7.27. The molecule has 132 valence electrons. The summed E-state index contributed by atoms with van der Waals surface area (Å²) in [4.78, 5) is 38.2. The lowest BCUT2D eigenvalue weighted by Gasteiger charge is -2.30. The minimum atomic E-state index is -0.585. The molecule has 2 N–H and O–H groups in total. The van der Waals surface area contributed by atoms with E-state index >= 15 is 0 Å². The Kier molecular flexibility index (Phi) is 3.87. The quantitative estimate of drug-likeness (QED) is 0.752. The normalized spacial score (nSPS) is 21.6. The molecular weight excluding hydrogens is 318 g/mol. The number of nitrogens with zero attached hydrogens (tertiary/aromatic N) is 1. The number of fused-ring (bicyclic) bond motifs is 2. The minimum absolute atomic E-state index is 0.0382. The van der Waals surface area contributed by atoms with E-state index in [1.165, 1.54) is 5.56 Å². The monoisotopic (exact) mass is 341 g/mol. The Labute approximate surface area is 147 Å². The molecule has 0 radical (unpaired) electrons. The van der Waals surface area contributed by atoms with Gasteiger partial charge in [0.2, 0.25) is 11.8 Å². The van der Waals surface area contributed by atoms with Gasteiger partial charge in [-0.2, -0.15) is 0 Å². The maximum absolute atomic E-state index is 13.2. The van der Waals surface area contributed by atoms with Gasteiger partial charge >= 0.3 is 0 Å². The summed E-state index contributed by atoms with van der Waals surface area (Å²) >= 11 is 0. The van der Waals surface area contributed by atoms with Gasteiger partial charge in [0.15, 0.2) is 0 Å². The summed E-state index contributed by atoms with van der Waals surface area (Å²) in [5.74, 6) is 0.367. The first kappa shape index (κ1) is 16.3. The standard InChI is InChI=1S/C19H23N3O3/c1-20-16(24)6-5-13(11-23)22-15-4-2-3-14(12-9-21-10-12)17(15)19(7-8-19)18(22)25/h2-4,11-13,21H,5-10H2,1H3,(H,20,24). The van der Waals surface area contributed by atoms with Crippen LogP contribution in [-0.4, -0.2) is 44.3 Å². The van der Waals surface area contributed by atoms with Crippen LogP contribution in [0.25, 0.3) is 0 Å². The number of carbonyl (C=O) groups is 3. The van der Waals surface area contributed by atoms with Crippen LogP contribution in [0.2, 0.25) is 0 Å². The maximum atomic E-state index is 13.2. The number of hydrogen-bond acceptors (Lipinski definition) is 4. The summed E-state index contributed by atoms with van der Waals surface area (Å²) in [6, 6.07) is 5.47. The van der Waals surface area contributed by atoms with Gasteiger partial charge in [0.05, 0.1) is 11.5 Å². The minimum Gasteiger partial charge on any atom is -0.359 e. The summed E-state index contributed by atoms with van der Waals surface area (Å²) in [5.41, 5.74) is 2.84. The van der Waals surface area contributed by atoms with E-state index in [9.17, 15) is 14.4 Å². The van der Waals surface area contributed by atoms with E-state index in [1.807, 2.05) is 12.1 Å². The molecule has 1 aromatic carbocycles. The third kappa shape index (κ3) is 2.39. The van der Waals surface area contributed by atoms with Crippen molar-refractivity contribution in [3.8, 4) is 0 Å². The number of carbonyl (C=O) groups excluding carboxylic acids is 3. The SMILES string of the molecule is CNC(=O)CCC(C=O)N1C(=O)C2(CC2)c2c(C3CNC3)cccc21. The van der Waals surface area contributed by atoms with Crippen LogP contribution in [0.3, 0.4) is 0 Å². The lowest BCUT2D eigenvalue weighted by molar-refractivity contribution is -0.123. The van der Waals surface area contributed by atoms with Crippen molar-refractivity contribution in [2.24, 2.45) is 0 Å². The van der Waals surface area contributed by atoms with Crippen LogP contribution in [0.1, 0.15) is 42.7 Å². The van der Waals surface area contributed by atoms with Gasteiger partial charge in [-0.05, 0) is 36.5 Å². The number of anilines is 1. The van der Waals surface area contributed by atoms with E-state index in [1.54, 1.807) is 11.9 Å². The van der Waals surface area contributed by atoms with Crippen molar-refractivity contribution < 1.29 is 14.4 Å². The highest BCUT2D eigenvalue weighted by atomic mass is 16.2. The molecule has 2 fully saturated rings. The fourth-order valence-corrected chi connectivity index (χ4v) is 4.16. The molecule has 2 heterocycles. The van der Waals surface area contributed by atoms with Gasteiger partial charge in [-0.25, -0.2) is 0 Å². The Hall–Kier alpha value is -2.21. The predicted octanol–water partition coefficient (Wildman–Crippen LogP) is 0.845. The van der Waals surface area contributed by atoms with Crippen molar-refractivity contribution in [3.63, 3.8) is 0 Å². The van der Waals surface area contributed by atoms with Crippen LogP contribution >= 0.6 is 0 Å². The van der Waals surface area contributed by atoms with Crippen molar-refractivity contribution in [1.82, 2.24) is 10.6 Å². The first-order chi connectivity index (χ1) is 12.1. The molecule has 1 aromatic rings. The predicted molar refractivity (Wildman–Crippen MR) is 93.6 cm³/mol. The zero-order chi connectivity index (χ0) is 17.6. The third-order valence-electron chi connectivity index (χ3n) is 5.85. The highest BCUT2D eigenvalue weighted by Gasteiger charge is 2.61. The number of rotatable bonds is 6. The van der Waals surface area contributed by atoms with Crippen molar-refractivity contribution in [2.45, 2.75) is 43.1 Å². The molecule has 3 aliphatic rings. The van der Waals surface area contributed by atoms with Gasteiger partial charge < -0.3 is 20.3 Å². The third-order valence-corrected chi connectivity index (χ3v) is 5.85. The van der Waals surface area contributed by atoms with Gasteiger partial charge in [0.25, 0.3) is 0 Å². The fourth-order valence-electron chi connectivity index (χ4n) is 4.16. The van der Waals surface area contributed by atoms with Gasteiger partial charge in [-0.1, -0.05) is 12.1 Å². The maximum Gasteiger partial charge on any atom is 0.238 e. The van der Waals surface area contributed by atoms with E-state index in [2.05, 4.69) is 16.7 Å². The summed E-state index contributed by atoms with van der Waals surface area (Å²) < 4.78 is 0. The summed E-state index contributed by atoms with van der Waals surface area (Å²) in [5, 5.41) is 5.86. The van der Waals surface area contributed by atoms with Crippen LogP contribution in [-0.2, 0) is 19.8 Å². The molecule has 4 rings (SSSR count). The molecule has 1 atom stereocenters. The van der Waals surface area contributed by atoms with Crippen LogP contribution in [0.5, 0.6) is 0 Å². The molecule has 2 amide bonds. The van der Waals surface area contributed by atoms with Gasteiger partial charge in [-0.3, -0.25) is 9.59 Å². The average Bonchev–Trinajstić information content (AvgIpc) is 3.33. The highest BCUT2D eigenvalue weighted by molar-refractivity contribution is 6.12. The Bertz CT molecular complexity index is 737. The van der Waals surface area contributed by atoms with E-state index in [0.29, 0.717) is 12.3 Å². The molecule has 1 spiro atoms. The molecule has 6 nitrogen and oxygen atoms in total. The second kappa shape index (κ2) is 5.95. The Morgan fingerprint density at radius 2 is 2.20 bits per heavy atom. The topological polar surface area (TPSA) is 78.5 Å². The summed E-state index contributed by atoms with van der Waals surface area (Å²) in [7, 11) is 1.58. The second-order valence-electron chi connectivity index (χ2n) is 7.27. The van der Waals surface area contributed by atoms with E-state index in [0.717, 1.165) is 43.5 Å².